The predicted molar refractivity (Wildman–Crippen MR) is 92.7 cm³/mol. The van der Waals surface area contributed by atoms with Gasteiger partial charge in [-0.3, -0.25) is 0 Å². The van der Waals surface area contributed by atoms with E-state index in [0.717, 1.165) is 28.4 Å². The first-order valence-electron chi connectivity index (χ1n) is 7.99. The summed E-state index contributed by atoms with van der Waals surface area (Å²) in [5, 5.41) is 0. The predicted octanol–water partition coefficient (Wildman–Crippen LogP) is 5.64. The molecule has 0 radical (unpaired) electrons. The van der Waals surface area contributed by atoms with E-state index in [0.29, 0.717) is 13.2 Å². The maximum atomic E-state index is 12.2. The molecule has 0 spiro atoms. The molecule has 1 saturated carbocycles. The Morgan fingerprint density at radius 2 is 1.76 bits per heavy atom. The van der Waals surface area contributed by atoms with Crippen molar-refractivity contribution in [2.75, 3.05) is 13.2 Å². The Labute approximate surface area is 153 Å². The fraction of sp³-hybridized carbons (Fsp3) is 0.368. The first-order valence-corrected chi connectivity index (χ1v) is 8.78. The number of hydrogen-bond acceptors (Lipinski definition) is 2. The van der Waals surface area contributed by atoms with E-state index in [4.69, 9.17) is 9.47 Å². The number of rotatable bonds is 7. The van der Waals surface area contributed by atoms with E-state index in [1.54, 1.807) is 12.1 Å². The van der Waals surface area contributed by atoms with Crippen LogP contribution in [0.3, 0.4) is 0 Å². The van der Waals surface area contributed by atoms with Crippen LogP contribution in [0.15, 0.2) is 53.0 Å². The second-order valence-electron chi connectivity index (χ2n) is 6.33. The van der Waals surface area contributed by atoms with Crippen LogP contribution in [0.2, 0.25) is 0 Å². The van der Waals surface area contributed by atoms with Gasteiger partial charge in [0, 0.05) is 9.89 Å². The molecule has 0 N–H and O–H groups in total. The molecule has 1 aliphatic carbocycles. The summed E-state index contributed by atoms with van der Waals surface area (Å²) < 4.78 is 48.2. The molecule has 0 amide bonds. The van der Waals surface area contributed by atoms with Gasteiger partial charge in [-0.05, 0) is 48.2 Å². The van der Waals surface area contributed by atoms with Crippen molar-refractivity contribution < 1.29 is 22.6 Å². The maximum absolute atomic E-state index is 12.2. The highest BCUT2D eigenvalue weighted by Crippen LogP contribution is 2.48. The Bertz CT molecular complexity index is 709. The fourth-order valence-electron chi connectivity index (χ4n) is 2.73. The molecular formula is C19H18BrF3O2. The van der Waals surface area contributed by atoms with Crippen molar-refractivity contribution in [1.82, 2.24) is 0 Å². The van der Waals surface area contributed by atoms with Crippen LogP contribution in [0.25, 0.3) is 0 Å². The normalized spacial score (nSPS) is 15.8. The molecule has 0 unspecified atom stereocenters. The summed E-state index contributed by atoms with van der Waals surface area (Å²) >= 11 is 3.44. The summed E-state index contributed by atoms with van der Waals surface area (Å²) in [5.74, 6) is 0.229. The first-order chi connectivity index (χ1) is 11.9. The molecule has 0 aromatic heterocycles. The average molecular weight is 415 g/mol. The summed E-state index contributed by atoms with van der Waals surface area (Å²) in [6.45, 7) is -0.135. The third-order valence-electron chi connectivity index (χ3n) is 4.26. The van der Waals surface area contributed by atoms with Gasteiger partial charge in [-0.15, -0.1) is 0 Å². The van der Waals surface area contributed by atoms with Crippen LogP contribution in [0, 0.1) is 0 Å². The standard InChI is InChI=1S/C19H18BrF3O2/c20-16-3-1-2-14(10-16)11-24-12-18(8-9-18)15-4-6-17(7-5-15)25-13-19(21,22)23/h1-7,10H,8-9,11-13H2. The molecule has 0 bridgehead atoms. The van der Waals surface area contributed by atoms with Crippen molar-refractivity contribution in [1.29, 1.82) is 0 Å². The van der Waals surface area contributed by atoms with Gasteiger partial charge in [-0.25, -0.2) is 0 Å². The van der Waals surface area contributed by atoms with E-state index >= 15 is 0 Å². The van der Waals surface area contributed by atoms with Crippen molar-refractivity contribution in [3.63, 3.8) is 0 Å². The highest BCUT2D eigenvalue weighted by atomic mass is 79.9. The number of benzene rings is 2. The number of hydrogen-bond donors (Lipinski definition) is 0. The Morgan fingerprint density at radius 1 is 1.04 bits per heavy atom. The lowest BCUT2D eigenvalue weighted by atomic mass is 9.97. The molecule has 0 saturated heterocycles. The van der Waals surface area contributed by atoms with Gasteiger partial charge in [0.05, 0.1) is 13.2 Å². The highest BCUT2D eigenvalue weighted by Gasteiger charge is 2.44. The van der Waals surface area contributed by atoms with Crippen molar-refractivity contribution in [2.24, 2.45) is 0 Å². The van der Waals surface area contributed by atoms with E-state index in [2.05, 4.69) is 15.9 Å². The molecule has 2 nitrogen and oxygen atoms in total. The zero-order valence-corrected chi connectivity index (χ0v) is 15.1. The molecule has 6 heteroatoms. The molecule has 0 atom stereocenters. The lowest BCUT2D eigenvalue weighted by Crippen LogP contribution is -2.19. The van der Waals surface area contributed by atoms with Gasteiger partial charge in [0.15, 0.2) is 6.61 Å². The van der Waals surface area contributed by atoms with Crippen LogP contribution in [0.5, 0.6) is 5.75 Å². The molecular weight excluding hydrogens is 397 g/mol. The minimum absolute atomic E-state index is 0.0193. The Balaban J connectivity index is 1.54. The maximum Gasteiger partial charge on any atom is 0.422 e. The Hall–Kier alpha value is -1.53. The van der Waals surface area contributed by atoms with E-state index in [9.17, 15) is 13.2 Å². The minimum Gasteiger partial charge on any atom is -0.484 e. The van der Waals surface area contributed by atoms with E-state index in [1.165, 1.54) is 0 Å². The highest BCUT2D eigenvalue weighted by molar-refractivity contribution is 9.10. The van der Waals surface area contributed by atoms with Crippen LogP contribution in [-0.2, 0) is 16.8 Å². The SMILES string of the molecule is FC(F)(F)COc1ccc(C2(COCc3cccc(Br)c3)CC2)cc1. The van der Waals surface area contributed by atoms with Crippen molar-refractivity contribution in [3.05, 3.63) is 64.1 Å². The summed E-state index contributed by atoms with van der Waals surface area (Å²) in [7, 11) is 0. The smallest absolute Gasteiger partial charge is 0.422 e. The van der Waals surface area contributed by atoms with E-state index in [-0.39, 0.29) is 11.2 Å². The summed E-state index contributed by atoms with van der Waals surface area (Å²) in [4.78, 5) is 0. The van der Waals surface area contributed by atoms with Gasteiger partial charge < -0.3 is 9.47 Å². The van der Waals surface area contributed by atoms with Crippen molar-refractivity contribution in [3.8, 4) is 5.75 Å². The fourth-order valence-corrected chi connectivity index (χ4v) is 3.17. The van der Waals surface area contributed by atoms with Crippen LogP contribution < -0.4 is 4.74 Å². The molecule has 3 rings (SSSR count). The summed E-state index contributed by atoms with van der Waals surface area (Å²) in [6.07, 6.45) is -2.28. The van der Waals surface area contributed by atoms with Gasteiger partial charge in [0.25, 0.3) is 0 Å². The van der Waals surface area contributed by atoms with Gasteiger partial charge >= 0.3 is 6.18 Å². The van der Waals surface area contributed by atoms with Crippen LogP contribution in [-0.4, -0.2) is 19.4 Å². The zero-order valence-electron chi connectivity index (χ0n) is 13.5. The lowest BCUT2D eigenvalue weighted by Gasteiger charge is -2.17. The topological polar surface area (TPSA) is 18.5 Å². The van der Waals surface area contributed by atoms with Crippen LogP contribution in [0.4, 0.5) is 13.2 Å². The molecule has 0 aliphatic heterocycles. The lowest BCUT2D eigenvalue weighted by molar-refractivity contribution is -0.153. The van der Waals surface area contributed by atoms with E-state index in [1.807, 2.05) is 36.4 Å². The molecule has 2 aromatic rings. The third-order valence-corrected chi connectivity index (χ3v) is 4.75. The molecule has 25 heavy (non-hydrogen) atoms. The molecule has 0 heterocycles. The van der Waals surface area contributed by atoms with Gasteiger partial charge in [0.1, 0.15) is 5.75 Å². The molecule has 2 aromatic carbocycles. The molecule has 134 valence electrons. The van der Waals surface area contributed by atoms with Gasteiger partial charge in [-0.1, -0.05) is 40.2 Å². The van der Waals surface area contributed by atoms with Crippen LogP contribution >= 0.6 is 15.9 Å². The quantitative estimate of drug-likeness (QED) is 0.583. The number of halogens is 4. The van der Waals surface area contributed by atoms with Gasteiger partial charge in [0.2, 0.25) is 0 Å². The Morgan fingerprint density at radius 3 is 2.36 bits per heavy atom. The monoisotopic (exact) mass is 414 g/mol. The number of ether oxygens (including phenoxy) is 2. The summed E-state index contributed by atoms with van der Waals surface area (Å²) in [5.41, 5.74) is 2.16. The Kier molecular flexibility index (Phi) is 5.39. The average Bonchev–Trinajstić information content (AvgIpc) is 3.34. The van der Waals surface area contributed by atoms with Gasteiger partial charge in [-0.2, -0.15) is 13.2 Å². The second kappa shape index (κ2) is 7.38. The second-order valence-corrected chi connectivity index (χ2v) is 7.25. The molecule has 1 aliphatic rings. The molecule has 1 fully saturated rings. The minimum atomic E-state index is -4.32. The number of alkyl halides is 3. The van der Waals surface area contributed by atoms with Crippen molar-refractivity contribution in [2.45, 2.75) is 31.0 Å². The summed E-state index contributed by atoms with van der Waals surface area (Å²) in [6, 6.07) is 14.8. The van der Waals surface area contributed by atoms with E-state index < -0.39 is 12.8 Å². The third kappa shape index (κ3) is 5.22. The van der Waals surface area contributed by atoms with Crippen LogP contribution in [0.1, 0.15) is 24.0 Å². The first kappa shape index (κ1) is 18.3. The largest absolute Gasteiger partial charge is 0.484 e. The zero-order chi connectivity index (χ0) is 17.9. The van der Waals surface area contributed by atoms with Crippen molar-refractivity contribution >= 4 is 15.9 Å².